The first kappa shape index (κ1) is 20.8. The fourth-order valence-electron chi connectivity index (χ4n) is 3.50. The highest BCUT2D eigenvalue weighted by atomic mass is 32.2. The highest BCUT2D eigenvalue weighted by Crippen LogP contribution is 2.36. The molecule has 0 atom stereocenters. The topological polar surface area (TPSA) is 64.6 Å². The van der Waals surface area contributed by atoms with E-state index in [0.29, 0.717) is 5.92 Å². The fraction of sp³-hybridized carbons (Fsp3) is 0.684. The van der Waals surface area contributed by atoms with Gasteiger partial charge in [0.05, 0.1) is 16.1 Å². The number of sulfonamides is 1. The summed E-state index contributed by atoms with van der Waals surface area (Å²) in [6, 6.07) is 3.82. The van der Waals surface area contributed by atoms with E-state index in [1.165, 1.54) is 12.1 Å². The summed E-state index contributed by atoms with van der Waals surface area (Å²) in [6.07, 6.45) is 3.63. The molecule has 150 valence electrons. The minimum atomic E-state index is -3.76. The third-order valence-corrected chi connectivity index (χ3v) is 7.65. The minimum absolute atomic E-state index is 0.0705. The van der Waals surface area contributed by atoms with Crippen molar-refractivity contribution in [3.63, 3.8) is 0 Å². The standard InChI is InChI=1S/C19H29BFNO4S/c1-13-6-8-14(9-7-13)22-27(23,24)15-10-11-16(17(21)12-15)20-25-18(2,3)19(4,5)26-20/h10-14,22H,6-9H2,1-5H3/t13-,14+. The van der Waals surface area contributed by atoms with E-state index in [1.807, 2.05) is 27.7 Å². The van der Waals surface area contributed by atoms with Crippen LogP contribution >= 0.6 is 0 Å². The predicted octanol–water partition coefficient (Wildman–Crippen LogP) is 2.98. The molecule has 1 saturated carbocycles. The van der Waals surface area contributed by atoms with Crippen LogP contribution < -0.4 is 10.2 Å². The zero-order chi connectivity index (χ0) is 20.0. The minimum Gasteiger partial charge on any atom is -0.399 e. The lowest BCUT2D eigenvalue weighted by Crippen LogP contribution is -2.41. The summed E-state index contributed by atoms with van der Waals surface area (Å²) < 4.78 is 54.4. The van der Waals surface area contributed by atoms with Crippen LogP contribution in [0.3, 0.4) is 0 Å². The summed E-state index contributed by atoms with van der Waals surface area (Å²) in [5.74, 6) is -0.0176. The summed E-state index contributed by atoms with van der Waals surface area (Å²) in [7, 11) is -4.62. The lowest BCUT2D eigenvalue weighted by Gasteiger charge is -2.32. The van der Waals surface area contributed by atoms with Crippen LogP contribution in [-0.2, 0) is 19.3 Å². The summed E-state index contributed by atoms with van der Waals surface area (Å²) in [5.41, 5.74) is -0.970. The van der Waals surface area contributed by atoms with Crippen LogP contribution in [0, 0.1) is 11.7 Å². The van der Waals surface area contributed by atoms with E-state index in [4.69, 9.17) is 9.31 Å². The molecule has 1 aromatic carbocycles. The molecule has 0 amide bonds. The Hall–Kier alpha value is -0.955. The third kappa shape index (κ3) is 4.23. The van der Waals surface area contributed by atoms with Crippen molar-refractivity contribution in [1.29, 1.82) is 0 Å². The van der Waals surface area contributed by atoms with Gasteiger partial charge in [0.1, 0.15) is 5.82 Å². The van der Waals surface area contributed by atoms with Crippen LogP contribution in [0.15, 0.2) is 23.1 Å². The monoisotopic (exact) mass is 397 g/mol. The van der Waals surface area contributed by atoms with Gasteiger partial charge in [-0.15, -0.1) is 0 Å². The van der Waals surface area contributed by atoms with E-state index >= 15 is 0 Å². The molecule has 0 aromatic heterocycles. The second kappa shape index (κ2) is 7.14. The van der Waals surface area contributed by atoms with Gasteiger partial charge in [-0.2, -0.15) is 0 Å². The Bertz CT molecular complexity index is 788. The van der Waals surface area contributed by atoms with Crippen LogP contribution in [0.1, 0.15) is 60.3 Å². The SMILES string of the molecule is CC1(C)OB(c2ccc(S(=O)(=O)N[C@H]3CC[C@@H](C)CC3)cc2F)OC1(C)C. The lowest BCUT2D eigenvalue weighted by atomic mass is 9.79. The van der Waals surface area contributed by atoms with E-state index in [-0.39, 0.29) is 16.4 Å². The lowest BCUT2D eigenvalue weighted by molar-refractivity contribution is 0.00578. The van der Waals surface area contributed by atoms with Crippen molar-refractivity contribution in [3.05, 3.63) is 24.0 Å². The molecular formula is C19H29BFNO4S. The zero-order valence-corrected chi connectivity index (χ0v) is 17.5. The molecule has 0 unspecified atom stereocenters. The molecule has 0 bridgehead atoms. The van der Waals surface area contributed by atoms with E-state index in [1.54, 1.807) is 0 Å². The maximum atomic E-state index is 14.7. The Morgan fingerprint density at radius 3 is 2.15 bits per heavy atom. The number of hydrogen-bond acceptors (Lipinski definition) is 4. The van der Waals surface area contributed by atoms with Crippen molar-refractivity contribution in [1.82, 2.24) is 4.72 Å². The average Bonchev–Trinajstić information content (AvgIpc) is 2.77. The summed E-state index contributed by atoms with van der Waals surface area (Å²) in [5, 5.41) is 0. The number of nitrogens with one attached hydrogen (secondary N) is 1. The zero-order valence-electron chi connectivity index (χ0n) is 16.7. The first-order valence-electron chi connectivity index (χ1n) is 9.59. The highest BCUT2D eigenvalue weighted by Gasteiger charge is 2.52. The molecule has 1 aliphatic carbocycles. The van der Waals surface area contributed by atoms with Gasteiger partial charge in [0, 0.05) is 11.5 Å². The van der Waals surface area contributed by atoms with Crippen LogP contribution in [0.5, 0.6) is 0 Å². The molecule has 2 fully saturated rings. The third-order valence-electron chi connectivity index (χ3n) is 6.13. The Morgan fingerprint density at radius 2 is 1.63 bits per heavy atom. The molecule has 1 aromatic rings. The number of halogens is 1. The Labute approximate surface area is 162 Å². The molecule has 8 heteroatoms. The highest BCUT2D eigenvalue weighted by molar-refractivity contribution is 7.89. The molecule has 27 heavy (non-hydrogen) atoms. The molecule has 1 N–H and O–H groups in total. The van der Waals surface area contributed by atoms with Crippen LogP contribution in [0.4, 0.5) is 4.39 Å². The van der Waals surface area contributed by atoms with Gasteiger partial charge in [-0.3, -0.25) is 0 Å². The Kier molecular flexibility index (Phi) is 5.49. The average molecular weight is 397 g/mol. The van der Waals surface area contributed by atoms with Gasteiger partial charge in [0.2, 0.25) is 10.0 Å². The molecular weight excluding hydrogens is 368 g/mol. The first-order chi connectivity index (χ1) is 12.4. The van der Waals surface area contributed by atoms with Crippen molar-refractivity contribution in [2.24, 2.45) is 5.92 Å². The normalized spacial score (nSPS) is 27.7. The molecule has 1 saturated heterocycles. The summed E-state index contributed by atoms with van der Waals surface area (Å²) in [6.45, 7) is 9.73. The molecule has 0 spiro atoms. The van der Waals surface area contributed by atoms with E-state index in [2.05, 4.69) is 11.6 Å². The maximum Gasteiger partial charge on any atom is 0.497 e. The van der Waals surface area contributed by atoms with Crippen molar-refractivity contribution >= 4 is 22.6 Å². The summed E-state index contributed by atoms with van der Waals surface area (Å²) >= 11 is 0. The van der Waals surface area contributed by atoms with Gasteiger partial charge >= 0.3 is 7.12 Å². The second-order valence-electron chi connectivity index (χ2n) is 8.85. The second-order valence-corrected chi connectivity index (χ2v) is 10.6. The number of benzene rings is 1. The first-order valence-corrected chi connectivity index (χ1v) is 11.1. The van der Waals surface area contributed by atoms with Crippen molar-refractivity contribution in [3.8, 4) is 0 Å². The van der Waals surface area contributed by atoms with Crippen molar-refractivity contribution < 1.29 is 22.1 Å². The number of hydrogen-bond donors (Lipinski definition) is 1. The molecule has 5 nitrogen and oxygen atoms in total. The molecule has 1 heterocycles. The van der Waals surface area contributed by atoms with E-state index in [9.17, 15) is 12.8 Å². The van der Waals surface area contributed by atoms with Crippen LogP contribution in [0.25, 0.3) is 0 Å². The fourth-order valence-corrected chi connectivity index (χ4v) is 4.82. The van der Waals surface area contributed by atoms with Gasteiger partial charge in [-0.05, 0) is 71.4 Å². The van der Waals surface area contributed by atoms with Gasteiger partial charge < -0.3 is 9.31 Å². The van der Waals surface area contributed by atoms with Gasteiger partial charge in [-0.1, -0.05) is 13.0 Å². The number of rotatable bonds is 4. The van der Waals surface area contributed by atoms with Gasteiger partial charge in [-0.25, -0.2) is 17.5 Å². The molecule has 2 aliphatic rings. The van der Waals surface area contributed by atoms with Crippen molar-refractivity contribution in [2.45, 2.75) is 82.4 Å². The van der Waals surface area contributed by atoms with Crippen LogP contribution in [-0.4, -0.2) is 32.8 Å². The molecule has 0 radical (unpaired) electrons. The Balaban J connectivity index is 1.77. The van der Waals surface area contributed by atoms with Crippen molar-refractivity contribution in [2.75, 3.05) is 0 Å². The largest absolute Gasteiger partial charge is 0.497 e. The molecule has 3 rings (SSSR count). The Morgan fingerprint density at radius 1 is 1.07 bits per heavy atom. The van der Waals surface area contributed by atoms with Gasteiger partial charge in [0.15, 0.2) is 0 Å². The maximum absolute atomic E-state index is 14.7. The predicted molar refractivity (Wildman–Crippen MR) is 104 cm³/mol. The van der Waals surface area contributed by atoms with E-state index in [0.717, 1.165) is 31.7 Å². The van der Waals surface area contributed by atoms with E-state index < -0.39 is 34.2 Å². The quantitative estimate of drug-likeness (QED) is 0.794. The van der Waals surface area contributed by atoms with Gasteiger partial charge in [0.25, 0.3) is 0 Å². The molecule has 1 aliphatic heterocycles. The smallest absolute Gasteiger partial charge is 0.399 e. The van der Waals surface area contributed by atoms with Crippen LogP contribution in [0.2, 0.25) is 0 Å². The summed E-state index contributed by atoms with van der Waals surface area (Å²) in [4.78, 5) is -0.0705.